The number of methoxy groups -OCH3 is 1. The van der Waals surface area contributed by atoms with Crippen molar-refractivity contribution in [2.75, 3.05) is 26.9 Å². The summed E-state index contributed by atoms with van der Waals surface area (Å²) in [6.07, 6.45) is 0. The maximum atomic E-state index is 5.79. The lowest BCUT2D eigenvalue weighted by molar-refractivity contribution is 0.179. The van der Waals surface area contributed by atoms with Crippen molar-refractivity contribution >= 4 is 29.9 Å². The van der Waals surface area contributed by atoms with Gasteiger partial charge in [-0.25, -0.2) is 4.99 Å². The Balaban J connectivity index is 0.00000441. The third kappa shape index (κ3) is 7.84. The summed E-state index contributed by atoms with van der Waals surface area (Å²) in [6.45, 7) is 7.91. The number of hydrogen-bond acceptors (Lipinski definition) is 3. The lowest BCUT2D eigenvalue weighted by Gasteiger charge is -2.14. The van der Waals surface area contributed by atoms with Crippen LogP contribution in [-0.4, -0.2) is 38.9 Å². The number of rotatable bonds is 8. The molecule has 3 N–H and O–H groups in total. The van der Waals surface area contributed by atoms with Crippen LogP contribution in [0, 0.1) is 0 Å². The highest BCUT2D eigenvalue weighted by atomic mass is 127. The maximum Gasteiger partial charge on any atom is 0.188 e. The molecule has 0 saturated carbocycles. The first-order chi connectivity index (χ1) is 10.0. The van der Waals surface area contributed by atoms with Crippen LogP contribution in [0.4, 0.5) is 0 Å². The predicted molar refractivity (Wildman–Crippen MR) is 102 cm³/mol. The fourth-order valence-electron chi connectivity index (χ4n) is 2.00. The van der Waals surface area contributed by atoms with Crippen molar-refractivity contribution in [3.05, 3.63) is 29.8 Å². The van der Waals surface area contributed by atoms with E-state index in [1.54, 1.807) is 7.11 Å². The Labute approximate surface area is 150 Å². The van der Waals surface area contributed by atoms with Crippen molar-refractivity contribution in [3.8, 4) is 5.75 Å². The van der Waals surface area contributed by atoms with Gasteiger partial charge in [0.05, 0.1) is 13.2 Å². The molecule has 0 saturated heterocycles. The molecule has 0 amide bonds. The lowest BCUT2D eigenvalue weighted by atomic mass is 10.0. The Morgan fingerprint density at radius 1 is 1.27 bits per heavy atom. The molecule has 0 fully saturated rings. The standard InChI is InChI=1S/C16H27N3O2.HI/c1-12(2)14-7-5-6-8-15(14)21-10-9-18-16(17)19-13(3)11-20-4;/h5-8,12-13H,9-11H2,1-4H3,(H3,17,18,19);1H. The molecular weight excluding hydrogens is 393 g/mol. The molecule has 0 aliphatic rings. The number of guanidine groups is 1. The van der Waals surface area contributed by atoms with Gasteiger partial charge in [-0.05, 0) is 24.5 Å². The van der Waals surface area contributed by atoms with E-state index in [-0.39, 0.29) is 30.0 Å². The van der Waals surface area contributed by atoms with Crippen molar-refractivity contribution in [1.82, 2.24) is 5.32 Å². The number of halogens is 1. The summed E-state index contributed by atoms with van der Waals surface area (Å²) in [7, 11) is 1.66. The lowest BCUT2D eigenvalue weighted by Crippen LogP contribution is -2.40. The second-order valence-corrected chi connectivity index (χ2v) is 5.31. The quantitative estimate of drug-likeness (QED) is 0.293. The van der Waals surface area contributed by atoms with Gasteiger partial charge in [0.15, 0.2) is 5.96 Å². The highest BCUT2D eigenvalue weighted by Gasteiger charge is 2.06. The average molecular weight is 421 g/mol. The molecule has 0 radical (unpaired) electrons. The molecule has 1 aromatic rings. The summed E-state index contributed by atoms with van der Waals surface area (Å²) < 4.78 is 10.8. The molecule has 1 aromatic carbocycles. The van der Waals surface area contributed by atoms with E-state index in [0.717, 1.165) is 5.75 Å². The molecular formula is C16H28IN3O2. The van der Waals surface area contributed by atoms with Crippen LogP contribution in [-0.2, 0) is 4.74 Å². The highest BCUT2D eigenvalue weighted by Crippen LogP contribution is 2.25. The van der Waals surface area contributed by atoms with E-state index < -0.39 is 0 Å². The summed E-state index contributed by atoms with van der Waals surface area (Å²) >= 11 is 0. The maximum absolute atomic E-state index is 5.79. The van der Waals surface area contributed by atoms with E-state index in [4.69, 9.17) is 15.2 Å². The van der Waals surface area contributed by atoms with Gasteiger partial charge in [0.1, 0.15) is 12.4 Å². The number of nitrogens with two attached hydrogens (primary N) is 1. The number of para-hydroxylation sites is 1. The van der Waals surface area contributed by atoms with Gasteiger partial charge in [0.2, 0.25) is 0 Å². The summed E-state index contributed by atoms with van der Waals surface area (Å²) in [4.78, 5) is 4.24. The molecule has 0 bridgehead atoms. The minimum absolute atomic E-state index is 0. The van der Waals surface area contributed by atoms with Gasteiger partial charge in [0.25, 0.3) is 0 Å². The molecule has 126 valence electrons. The second-order valence-electron chi connectivity index (χ2n) is 5.31. The zero-order valence-corrected chi connectivity index (χ0v) is 16.2. The minimum Gasteiger partial charge on any atom is -0.491 e. The summed E-state index contributed by atoms with van der Waals surface area (Å²) in [6, 6.07) is 8.22. The molecule has 5 nitrogen and oxygen atoms in total. The molecule has 1 rings (SSSR count). The number of aliphatic imine (C=N–C) groups is 1. The molecule has 6 heteroatoms. The van der Waals surface area contributed by atoms with Gasteiger partial charge in [0, 0.05) is 13.2 Å². The van der Waals surface area contributed by atoms with E-state index >= 15 is 0 Å². The van der Waals surface area contributed by atoms with Crippen LogP contribution in [0.5, 0.6) is 5.75 Å². The van der Waals surface area contributed by atoms with Crippen molar-refractivity contribution in [1.29, 1.82) is 0 Å². The molecule has 0 aromatic heterocycles. The normalized spacial score (nSPS) is 12.7. The molecule has 22 heavy (non-hydrogen) atoms. The SMILES string of the molecule is COCC(C)NC(N)=NCCOc1ccccc1C(C)C.I. The van der Waals surface area contributed by atoms with Crippen molar-refractivity contribution in [3.63, 3.8) is 0 Å². The Kier molecular flexibility index (Phi) is 11.0. The van der Waals surface area contributed by atoms with Gasteiger partial charge in [-0.1, -0.05) is 32.0 Å². The largest absolute Gasteiger partial charge is 0.491 e. The molecule has 0 aliphatic heterocycles. The highest BCUT2D eigenvalue weighted by molar-refractivity contribution is 14.0. The van der Waals surface area contributed by atoms with E-state index in [9.17, 15) is 0 Å². The minimum atomic E-state index is 0. The van der Waals surface area contributed by atoms with E-state index in [1.807, 2.05) is 25.1 Å². The number of ether oxygens (including phenoxy) is 2. The van der Waals surface area contributed by atoms with Gasteiger partial charge in [-0.15, -0.1) is 24.0 Å². The zero-order valence-electron chi connectivity index (χ0n) is 13.8. The van der Waals surface area contributed by atoms with E-state index in [2.05, 4.69) is 30.2 Å². The number of nitrogens with one attached hydrogen (secondary N) is 1. The smallest absolute Gasteiger partial charge is 0.188 e. The number of nitrogens with zero attached hydrogens (tertiary/aromatic N) is 1. The van der Waals surface area contributed by atoms with Crippen molar-refractivity contribution in [2.24, 2.45) is 10.7 Å². The van der Waals surface area contributed by atoms with Gasteiger partial charge >= 0.3 is 0 Å². The third-order valence-electron chi connectivity index (χ3n) is 2.98. The fraction of sp³-hybridized carbons (Fsp3) is 0.562. The summed E-state index contributed by atoms with van der Waals surface area (Å²) in [5.74, 6) is 1.77. The van der Waals surface area contributed by atoms with E-state index in [1.165, 1.54) is 5.56 Å². The fourth-order valence-corrected chi connectivity index (χ4v) is 2.00. The first-order valence-corrected chi connectivity index (χ1v) is 7.31. The second kappa shape index (κ2) is 11.5. The van der Waals surface area contributed by atoms with Crippen LogP contribution in [0.15, 0.2) is 29.3 Å². The van der Waals surface area contributed by atoms with Gasteiger partial charge in [-0.3, -0.25) is 0 Å². The van der Waals surface area contributed by atoms with E-state index in [0.29, 0.717) is 31.6 Å². The van der Waals surface area contributed by atoms with Crippen LogP contribution in [0.2, 0.25) is 0 Å². The zero-order chi connectivity index (χ0) is 15.7. The van der Waals surface area contributed by atoms with Crippen molar-refractivity contribution in [2.45, 2.75) is 32.7 Å². The molecule has 1 atom stereocenters. The Morgan fingerprint density at radius 3 is 2.59 bits per heavy atom. The topological polar surface area (TPSA) is 68.9 Å². The molecule has 0 aliphatic carbocycles. The van der Waals surface area contributed by atoms with Crippen molar-refractivity contribution < 1.29 is 9.47 Å². The first-order valence-electron chi connectivity index (χ1n) is 7.31. The van der Waals surface area contributed by atoms with Crippen LogP contribution >= 0.6 is 24.0 Å². The molecule has 0 heterocycles. The van der Waals surface area contributed by atoms with Crippen LogP contribution in [0.1, 0.15) is 32.3 Å². The van der Waals surface area contributed by atoms with Gasteiger partial charge < -0.3 is 20.5 Å². The summed E-state index contributed by atoms with van der Waals surface area (Å²) in [5.41, 5.74) is 7.00. The van der Waals surface area contributed by atoms with Gasteiger partial charge in [-0.2, -0.15) is 0 Å². The summed E-state index contributed by atoms with van der Waals surface area (Å²) in [5, 5.41) is 3.06. The van der Waals surface area contributed by atoms with Crippen LogP contribution in [0.25, 0.3) is 0 Å². The monoisotopic (exact) mass is 421 g/mol. The van der Waals surface area contributed by atoms with Crippen LogP contribution in [0.3, 0.4) is 0 Å². The Hall–Kier alpha value is -1.02. The molecule has 0 spiro atoms. The third-order valence-corrected chi connectivity index (χ3v) is 2.98. The number of hydrogen-bond donors (Lipinski definition) is 2. The predicted octanol–water partition coefficient (Wildman–Crippen LogP) is 2.75. The first kappa shape index (κ1) is 21.0. The molecule has 1 unspecified atom stereocenters. The van der Waals surface area contributed by atoms with Crippen LogP contribution < -0.4 is 15.8 Å². The number of benzene rings is 1. The average Bonchev–Trinajstić information content (AvgIpc) is 2.44. The Morgan fingerprint density at radius 2 is 1.95 bits per heavy atom. The Bertz CT molecular complexity index is 453.